The zero-order valence-corrected chi connectivity index (χ0v) is 15.4. The second-order valence-corrected chi connectivity index (χ2v) is 4.85. The Morgan fingerprint density at radius 1 is 1.12 bits per heavy atom. The van der Waals surface area contributed by atoms with Gasteiger partial charge in [0.25, 0.3) is 5.91 Å². The van der Waals surface area contributed by atoms with Gasteiger partial charge in [-0.1, -0.05) is 26.0 Å². The molecule has 0 fully saturated rings. The maximum Gasteiger partial charge on any atom is 0.269 e. The minimum absolute atomic E-state index is 0.241. The van der Waals surface area contributed by atoms with Crippen molar-refractivity contribution in [3.63, 3.8) is 0 Å². The van der Waals surface area contributed by atoms with Crippen molar-refractivity contribution in [2.24, 2.45) is 11.5 Å². The fourth-order valence-corrected chi connectivity index (χ4v) is 2.36. The van der Waals surface area contributed by atoms with Gasteiger partial charge in [-0.25, -0.2) is 4.68 Å². The maximum absolute atomic E-state index is 11.6. The maximum atomic E-state index is 11.6. The third-order valence-electron chi connectivity index (χ3n) is 3.37. The van der Waals surface area contributed by atoms with Crippen molar-refractivity contribution in [3.05, 3.63) is 53.7 Å². The average molecular weight is 342 g/mol. The van der Waals surface area contributed by atoms with Crippen molar-refractivity contribution in [2.45, 2.75) is 20.8 Å². The summed E-state index contributed by atoms with van der Waals surface area (Å²) < 4.78 is 6.93. The molecule has 4 N–H and O–H groups in total. The van der Waals surface area contributed by atoms with E-state index in [1.165, 1.54) is 7.05 Å². The third kappa shape index (κ3) is 4.36. The summed E-state index contributed by atoms with van der Waals surface area (Å²) in [4.78, 5) is 11.6. The number of aryl methyl sites for hydroxylation is 1. The number of nitrogens with zero attached hydrogens (tertiary/aromatic N) is 2. The van der Waals surface area contributed by atoms with Gasteiger partial charge in [-0.15, -0.1) is 0 Å². The predicted octanol–water partition coefficient (Wildman–Crippen LogP) is 3.04. The van der Waals surface area contributed by atoms with E-state index in [9.17, 15) is 4.79 Å². The second-order valence-electron chi connectivity index (χ2n) is 4.85. The van der Waals surface area contributed by atoms with Crippen molar-refractivity contribution < 1.29 is 9.53 Å². The number of aromatic nitrogens is 2. The number of carbonyl (C=O) groups is 1. The Hall–Kier alpha value is -2.86. The Balaban J connectivity index is 0.000000730. The van der Waals surface area contributed by atoms with Crippen LogP contribution < -0.4 is 16.2 Å². The molecule has 1 amide bonds. The summed E-state index contributed by atoms with van der Waals surface area (Å²) >= 11 is 0. The van der Waals surface area contributed by atoms with Crippen LogP contribution in [0.5, 0.6) is 5.75 Å². The first-order valence-corrected chi connectivity index (χ1v) is 8.11. The van der Waals surface area contributed by atoms with Gasteiger partial charge in [0.2, 0.25) is 0 Å². The number of carbonyl (C=O) groups excluding carboxylic acids is 1. The van der Waals surface area contributed by atoms with Gasteiger partial charge in [0.05, 0.1) is 18.3 Å². The Bertz CT molecular complexity index is 841. The van der Waals surface area contributed by atoms with Crippen molar-refractivity contribution >= 4 is 16.8 Å². The Labute approximate surface area is 148 Å². The molecule has 0 atom stereocenters. The number of nitrogens with two attached hydrogens (primary N) is 2. The normalized spacial score (nSPS) is 9.52. The van der Waals surface area contributed by atoms with Gasteiger partial charge in [-0.05, 0) is 49.9 Å². The van der Waals surface area contributed by atoms with Crippen LogP contribution in [-0.2, 0) is 0 Å². The Morgan fingerprint density at radius 3 is 2.36 bits per heavy atom. The van der Waals surface area contributed by atoms with Crippen molar-refractivity contribution in [2.75, 3.05) is 14.2 Å². The van der Waals surface area contributed by atoms with Crippen LogP contribution >= 0.6 is 0 Å². The van der Waals surface area contributed by atoms with E-state index in [4.69, 9.17) is 10.5 Å². The fourth-order valence-electron chi connectivity index (χ4n) is 2.36. The topological polar surface area (TPSA) is 96.2 Å². The highest BCUT2D eigenvalue weighted by Gasteiger charge is 2.16. The molecule has 3 aromatic rings. The highest BCUT2D eigenvalue weighted by atomic mass is 16.5. The number of ether oxygens (including phenoxy) is 1. The zero-order chi connectivity index (χ0) is 19.0. The summed E-state index contributed by atoms with van der Waals surface area (Å²) in [5.74, 6) is 0.105. The minimum Gasteiger partial charge on any atom is -0.497 e. The Kier molecular flexibility index (Phi) is 7.62. The summed E-state index contributed by atoms with van der Waals surface area (Å²) in [7, 11) is 3.08. The minimum atomic E-state index is -0.556. The number of hydrogen-bond acceptors (Lipinski definition) is 4. The van der Waals surface area contributed by atoms with Crippen molar-refractivity contribution in [1.29, 1.82) is 0 Å². The molecule has 6 nitrogen and oxygen atoms in total. The van der Waals surface area contributed by atoms with Crippen LogP contribution in [0.1, 0.15) is 29.9 Å². The summed E-state index contributed by atoms with van der Waals surface area (Å²) in [6, 6.07) is 13.4. The SMILES string of the molecule is CC.CN.COc1ccc2c(c1)c(C(N)=O)nn2-c1cccc(C)c1. The second kappa shape index (κ2) is 9.44. The Morgan fingerprint density at radius 2 is 1.80 bits per heavy atom. The molecule has 25 heavy (non-hydrogen) atoms. The molecule has 1 heterocycles. The van der Waals surface area contributed by atoms with Crippen LogP contribution in [0.2, 0.25) is 0 Å². The van der Waals surface area contributed by atoms with Gasteiger partial charge in [0, 0.05) is 5.39 Å². The number of fused-ring (bicyclic) bond motifs is 1. The highest BCUT2D eigenvalue weighted by Crippen LogP contribution is 2.26. The van der Waals surface area contributed by atoms with Crippen LogP contribution in [0.15, 0.2) is 42.5 Å². The van der Waals surface area contributed by atoms with E-state index < -0.39 is 5.91 Å². The molecule has 0 unspecified atom stereocenters. The standard InChI is InChI=1S/C16H15N3O2.C2H6.CH5N/c1-10-4-3-5-11(8-10)19-14-7-6-12(21-2)9-13(14)15(18-19)16(17)20;2*1-2/h3-9H,1-2H3,(H2,17,20);1-2H3;2H2,1H3. The molecule has 6 heteroatoms. The fraction of sp³-hybridized carbons (Fsp3) is 0.263. The molecule has 0 aliphatic carbocycles. The summed E-state index contributed by atoms with van der Waals surface area (Å²) in [6.45, 7) is 6.01. The first-order chi connectivity index (χ1) is 12.1. The number of amides is 1. The monoisotopic (exact) mass is 342 g/mol. The lowest BCUT2D eigenvalue weighted by Gasteiger charge is -2.05. The largest absolute Gasteiger partial charge is 0.497 e. The smallest absolute Gasteiger partial charge is 0.269 e. The van der Waals surface area contributed by atoms with Crippen LogP contribution in [0.25, 0.3) is 16.6 Å². The van der Waals surface area contributed by atoms with Gasteiger partial charge in [0.15, 0.2) is 5.69 Å². The van der Waals surface area contributed by atoms with E-state index in [0.29, 0.717) is 11.1 Å². The number of primary amides is 1. The molecule has 0 saturated carbocycles. The molecule has 1 aromatic heterocycles. The van der Waals surface area contributed by atoms with E-state index in [1.54, 1.807) is 17.9 Å². The molecule has 0 bridgehead atoms. The van der Waals surface area contributed by atoms with Crippen molar-refractivity contribution in [3.8, 4) is 11.4 Å². The summed E-state index contributed by atoms with van der Waals surface area (Å²) in [5.41, 5.74) is 13.0. The molecule has 3 rings (SSSR count). The molecule has 134 valence electrons. The van der Waals surface area contributed by atoms with Crippen LogP contribution in [0, 0.1) is 6.92 Å². The van der Waals surface area contributed by atoms with E-state index >= 15 is 0 Å². The van der Waals surface area contributed by atoms with Gasteiger partial charge in [-0.2, -0.15) is 5.10 Å². The van der Waals surface area contributed by atoms with Crippen LogP contribution in [-0.4, -0.2) is 29.8 Å². The predicted molar refractivity (Wildman–Crippen MR) is 102 cm³/mol. The lowest BCUT2D eigenvalue weighted by Crippen LogP contribution is -2.12. The van der Waals surface area contributed by atoms with E-state index in [1.807, 2.05) is 57.2 Å². The van der Waals surface area contributed by atoms with Crippen LogP contribution in [0.4, 0.5) is 0 Å². The van der Waals surface area contributed by atoms with E-state index in [0.717, 1.165) is 16.8 Å². The first-order valence-electron chi connectivity index (χ1n) is 8.11. The molecular weight excluding hydrogens is 316 g/mol. The molecular formula is C19H26N4O2. The van der Waals surface area contributed by atoms with Crippen LogP contribution in [0.3, 0.4) is 0 Å². The lowest BCUT2D eigenvalue weighted by molar-refractivity contribution is 0.0996. The number of benzene rings is 2. The zero-order valence-electron chi connectivity index (χ0n) is 15.4. The van der Waals surface area contributed by atoms with E-state index in [2.05, 4.69) is 10.8 Å². The number of methoxy groups -OCH3 is 1. The van der Waals surface area contributed by atoms with Gasteiger partial charge >= 0.3 is 0 Å². The average Bonchev–Trinajstić information content (AvgIpc) is 3.04. The lowest BCUT2D eigenvalue weighted by atomic mass is 10.2. The highest BCUT2D eigenvalue weighted by molar-refractivity contribution is 6.04. The first kappa shape index (κ1) is 20.2. The van der Waals surface area contributed by atoms with E-state index in [-0.39, 0.29) is 5.69 Å². The summed E-state index contributed by atoms with van der Waals surface area (Å²) in [5, 5.41) is 5.05. The molecule has 0 aliphatic rings. The molecule has 0 spiro atoms. The molecule has 2 aromatic carbocycles. The molecule has 0 aliphatic heterocycles. The number of rotatable bonds is 3. The van der Waals surface area contributed by atoms with Gasteiger partial charge in [0.1, 0.15) is 5.75 Å². The third-order valence-corrected chi connectivity index (χ3v) is 3.37. The quantitative estimate of drug-likeness (QED) is 0.764. The summed E-state index contributed by atoms with van der Waals surface area (Å²) in [6.07, 6.45) is 0. The van der Waals surface area contributed by atoms with Gasteiger partial charge in [-0.3, -0.25) is 4.79 Å². The molecule has 0 radical (unpaired) electrons. The van der Waals surface area contributed by atoms with Gasteiger partial charge < -0.3 is 16.2 Å². The molecule has 0 saturated heterocycles. The number of hydrogen-bond donors (Lipinski definition) is 2. The van der Waals surface area contributed by atoms with Crippen molar-refractivity contribution in [1.82, 2.24) is 9.78 Å².